The Morgan fingerprint density at radius 3 is 2.40 bits per heavy atom. The van der Waals surface area contributed by atoms with Crippen molar-refractivity contribution >= 4 is 15.9 Å². The molecule has 15 heavy (non-hydrogen) atoms. The molecule has 0 atom stereocenters. The van der Waals surface area contributed by atoms with Gasteiger partial charge in [0.25, 0.3) is 0 Å². The van der Waals surface area contributed by atoms with E-state index in [0.29, 0.717) is 15.6 Å². The molecule has 0 spiro atoms. The van der Waals surface area contributed by atoms with Crippen molar-refractivity contribution in [2.45, 2.75) is 0 Å². The van der Waals surface area contributed by atoms with E-state index in [1.165, 1.54) is 12.1 Å². The Balaban J connectivity index is 2.69. The molecule has 2 aromatic rings. The first-order chi connectivity index (χ1) is 7.20. The van der Waals surface area contributed by atoms with E-state index >= 15 is 0 Å². The van der Waals surface area contributed by atoms with Gasteiger partial charge in [-0.25, -0.2) is 4.39 Å². The molecule has 1 N–H and O–H groups in total. The number of halogens is 2. The summed E-state index contributed by atoms with van der Waals surface area (Å²) in [6.07, 6.45) is 0. The number of phenolic OH excluding ortho intramolecular Hbond substituents is 1. The predicted octanol–water partition coefficient (Wildman–Crippen LogP) is 3.96. The van der Waals surface area contributed by atoms with Crippen molar-refractivity contribution in [1.82, 2.24) is 0 Å². The van der Waals surface area contributed by atoms with Crippen LogP contribution in [0.25, 0.3) is 11.1 Å². The fourth-order valence-corrected chi connectivity index (χ4v) is 2.01. The molecule has 0 aliphatic heterocycles. The Bertz CT molecular complexity index is 476. The molecule has 0 aromatic heterocycles. The van der Waals surface area contributed by atoms with E-state index in [9.17, 15) is 9.50 Å². The van der Waals surface area contributed by atoms with Gasteiger partial charge in [0.15, 0.2) is 0 Å². The van der Waals surface area contributed by atoms with Crippen molar-refractivity contribution in [2.24, 2.45) is 0 Å². The SMILES string of the molecule is Oc1cccc(Br)c1-c1ccccc1F. The van der Waals surface area contributed by atoms with E-state index in [2.05, 4.69) is 15.9 Å². The van der Waals surface area contributed by atoms with Gasteiger partial charge in [0.1, 0.15) is 11.6 Å². The highest BCUT2D eigenvalue weighted by atomic mass is 79.9. The third kappa shape index (κ3) is 1.88. The average Bonchev–Trinajstić information content (AvgIpc) is 2.20. The van der Waals surface area contributed by atoms with Crippen LogP contribution in [-0.4, -0.2) is 5.11 Å². The summed E-state index contributed by atoms with van der Waals surface area (Å²) in [5, 5.41) is 9.67. The maximum absolute atomic E-state index is 13.5. The van der Waals surface area contributed by atoms with Gasteiger partial charge in [0.2, 0.25) is 0 Å². The average molecular weight is 267 g/mol. The fraction of sp³-hybridized carbons (Fsp3) is 0. The summed E-state index contributed by atoms with van der Waals surface area (Å²) in [6.45, 7) is 0. The summed E-state index contributed by atoms with van der Waals surface area (Å²) in [7, 11) is 0. The van der Waals surface area contributed by atoms with Crippen LogP contribution in [0.15, 0.2) is 46.9 Å². The topological polar surface area (TPSA) is 20.2 Å². The number of aromatic hydroxyl groups is 1. The molecule has 3 heteroatoms. The first-order valence-electron chi connectivity index (χ1n) is 4.42. The van der Waals surface area contributed by atoms with Crippen molar-refractivity contribution in [1.29, 1.82) is 0 Å². The number of hydrogen-bond donors (Lipinski definition) is 1. The smallest absolute Gasteiger partial charge is 0.131 e. The molecule has 0 unspecified atom stereocenters. The molecule has 76 valence electrons. The quantitative estimate of drug-likeness (QED) is 0.829. The predicted molar refractivity (Wildman–Crippen MR) is 61.2 cm³/mol. The van der Waals surface area contributed by atoms with E-state index in [4.69, 9.17) is 0 Å². The molecule has 0 radical (unpaired) electrons. The molecule has 0 aliphatic rings. The molecule has 0 saturated carbocycles. The maximum Gasteiger partial charge on any atom is 0.131 e. The largest absolute Gasteiger partial charge is 0.507 e. The Morgan fingerprint density at radius 2 is 1.73 bits per heavy atom. The minimum Gasteiger partial charge on any atom is -0.507 e. The van der Waals surface area contributed by atoms with Crippen LogP contribution in [0.3, 0.4) is 0 Å². The van der Waals surface area contributed by atoms with Gasteiger partial charge < -0.3 is 5.11 Å². The molecule has 0 saturated heterocycles. The second-order valence-corrected chi connectivity index (χ2v) is 3.97. The van der Waals surface area contributed by atoms with Crippen LogP contribution >= 0.6 is 15.9 Å². The number of benzene rings is 2. The maximum atomic E-state index is 13.5. The second-order valence-electron chi connectivity index (χ2n) is 3.11. The first kappa shape index (κ1) is 10.2. The zero-order valence-corrected chi connectivity index (χ0v) is 9.33. The van der Waals surface area contributed by atoms with Crippen molar-refractivity contribution in [2.75, 3.05) is 0 Å². The van der Waals surface area contributed by atoms with Crippen molar-refractivity contribution in [3.8, 4) is 16.9 Å². The summed E-state index contributed by atoms with van der Waals surface area (Å²) in [5.41, 5.74) is 0.873. The number of rotatable bonds is 1. The van der Waals surface area contributed by atoms with Crippen molar-refractivity contribution in [3.63, 3.8) is 0 Å². The summed E-state index contributed by atoms with van der Waals surface area (Å²) < 4.78 is 14.2. The molecule has 0 aliphatic carbocycles. The third-order valence-electron chi connectivity index (χ3n) is 2.13. The van der Waals surface area contributed by atoms with Crippen LogP contribution in [0.5, 0.6) is 5.75 Å². The zero-order valence-electron chi connectivity index (χ0n) is 7.74. The molecule has 0 amide bonds. The Hall–Kier alpha value is -1.35. The molecule has 1 nitrogen and oxygen atoms in total. The van der Waals surface area contributed by atoms with Crippen LogP contribution in [0, 0.1) is 5.82 Å². The van der Waals surface area contributed by atoms with E-state index in [1.807, 2.05) is 0 Å². The van der Waals surface area contributed by atoms with Crippen LogP contribution in [-0.2, 0) is 0 Å². The summed E-state index contributed by atoms with van der Waals surface area (Å²) in [4.78, 5) is 0. The Labute approximate surface area is 95.3 Å². The summed E-state index contributed by atoms with van der Waals surface area (Å²) in [6, 6.07) is 11.4. The lowest BCUT2D eigenvalue weighted by molar-refractivity contribution is 0.476. The molecular weight excluding hydrogens is 259 g/mol. The van der Waals surface area contributed by atoms with E-state index in [1.54, 1.807) is 30.3 Å². The third-order valence-corrected chi connectivity index (χ3v) is 2.80. The van der Waals surface area contributed by atoms with E-state index in [0.717, 1.165) is 0 Å². The summed E-state index contributed by atoms with van der Waals surface area (Å²) >= 11 is 3.29. The van der Waals surface area contributed by atoms with Gasteiger partial charge in [-0.3, -0.25) is 0 Å². The highest BCUT2D eigenvalue weighted by Gasteiger charge is 2.11. The van der Waals surface area contributed by atoms with Crippen LogP contribution in [0.1, 0.15) is 0 Å². The van der Waals surface area contributed by atoms with Crippen LogP contribution in [0.4, 0.5) is 4.39 Å². The molecule has 2 rings (SSSR count). The lowest BCUT2D eigenvalue weighted by Gasteiger charge is -2.07. The van der Waals surface area contributed by atoms with Gasteiger partial charge in [-0.05, 0) is 18.2 Å². The van der Waals surface area contributed by atoms with Crippen molar-refractivity contribution < 1.29 is 9.50 Å². The fourth-order valence-electron chi connectivity index (χ4n) is 1.44. The molecule has 0 heterocycles. The highest BCUT2D eigenvalue weighted by Crippen LogP contribution is 2.36. The minimum atomic E-state index is -0.347. The highest BCUT2D eigenvalue weighted by molar-refractivity contribution is 9.10. The number of phenols is 1. The van der Waals surface area contributed by atoms with Crippen LogP contribution in [0.2, 0.25) is 0 Å². The molecule has 0 fully saturated rings. The zero-order chi connectivity index (χ0) is 10.8. The monoisotopic (exact) mass is 266 g/mol. The first-order valence-corrected chi connectivity index (χ1v) is 5.22. The molecule has 2 aromatic carbocycles. The Kier molecular flexibility index (Phi) is 2.73. The lowest BCUT2D eigenvalue weighted by atomic mass is 10.0. The summed E-state index contributed by atoms with van der Waals surface area (Å²) in [5.74, 6) is -0.283. The minimum absolute atomic E-state index is 0.0643. The standard InChI is InChI=1S/C12H8BrFO/c13-9-5-3-7-11(15)12(9)8-4-1-2-6-10(8)14/h1-7,15H. The van der Waals surface area contributed by atoms with E-state index < -0.39 is 0 Å². The molecule has 0 bridgehead atoms. The van der Waals surface area contributed by atoms with Gasteiger partial charge in [0.05, 0.1) is 0 Å². The van der Waals surface area contributed by atoms with Gasteiger partial charge in [-0.2, -0.15) is 0 Å². The van der Waals surface area contributed by atoms with Gasteiger partial charge in [0, 0.05) is 15.6 Å². The second kappa shape index (κ2) is 4.03. The van der Waals surface area contributed by atoms with Crippen LogP contribution < -0.4 is 0 Å². The molecular formula is C12H8BrFO. The Morgan fingerprint density at radius 1 is 1.00 bits per heavy atom. The van der Waals surface area contributed by atoms with E-state index in [-0.39, 0.29) is 11.6 Å². The van der Waals surface area contributed by atoms with Crippen molar-refractivity contribution in [3.05, 3.63) is 52.8 Å². The van der Waals surface area contributed by atoms with Gasteiger partial charge in [-0.15, -0.1) is 0 Å². The van der Waals surface area contributed by atoms with Gasteiger partial charge >= 0.3 is 0 Å². The lowest BCUT2D eigenvalue weighted by Crippen LogP contribution is -1.85. The number of hydrogen-bond acceptors (Lipinski definition) is 1. The van der Waals surface area contributed by atoms with Gasteiger partial charge in [-0.1, -0.05) is 40.2 Å². The normalized spacial score (nSPS) is 10.3.